The fourth-order valence-corrected chi connectivity index (χ4v) is 1.29. The van der Waals surface area contributed by atoms with Crippen molar-refractivity contribution in [2.45, 2.75) is 19.3 Å². The van der Waals surface area contributed by atoms with E-state index in [9.17, 15) is 9.90 Å². The van der Waals surface area contributed by atoms with Crippen molar-refractivity contribution in [2.24, 2.45) is 0 Å². The number of carboxylic acid groups (broad SMARTS) is 1. The molecule has 0 fully saturated rings. The Morgan fingerprint density at radius 2 is 1.67 bits per heavy atom. The second kappa shape index (κ2) is 3.93. The topological polar surface area (TPSA) is 43.4 Å². The first kappa shape index (κ1) is 11.6. The van der Waals surface area contributed by atoms with Crippen LogP contribution in [0.5, 0.6) is 0 Å². The molecule has 3 nitrogen and oxygen atoms in total. The summed E-state index contributed by atoms with van der Waals surface area (Å²) < 4.78 is 0. The van der Waals surface area contributed by atoms with Crippen molar-refractivity contribution in [3.63, 3.8) is 0 Å². The van der Waals surface area contributed by atoms with Gasteiger partial charge >= 0.3 is 0 Å². The Bertz CT molecular complexity index is 352. The lowest BCUT2D eigenvalue weighted by Crippen LogP contribution is -2.41. The highest BCUT2D eigenvalue weighted by Crippen LogP contribution is 2.24. The van der Waals surface area contributed by atoms with Gasteiger partial charge in [0.25, 0.3) is 0 Å². The van der Waals surface area contributed by atoms with Crippen LogP contribution in [0, 0.1) is 0 Å². The second-order valence-corrected chi connectivity index (χ2v) is 4.35. The molecule has 1 aromatic carbocycles. The van der Waals surface area contributed by atoms with Crippen LogP contribution in [-0.4, -0.2) is 20.1 Å². The highest BCUT2D eigenvalue weighted by atomic mass is 16.4. The van der Waals surface area contributed by atoms with E-state index in [1.54, 1.807) is 13.8 Å². The van der Waals surface area contributed by atoms with Crippen molar-refractivity contribution < 1.29 is 9.90 Å². The predicted molar refractivity (Wildman–Crippen MR) is 58.8 cm³/mol. The van der Waals surface area contributed by atoms with Crippen molar-refractivity contribution in [2.75, 3.05) is 19.0 Å². The summed E-state index contributed by atoms with van der Waals surface area (Å²) in [6, 6.07) is 7.45. The number of carbonyl (C=O) groups is 1. The summed E-state index contributed by atoms with van der Waals surface area (Å²) in [5, 5.41) is 10.9. The largest absolute Gasteiger partial charge is 0.549 e. The van der Waals surface area contributed by atoms with Crippen LogP contribution in [0.25, 0.3) is 0 Å². The van der Waals surface area contributed by atoms with Crippen LogP contribution in [0.15, 0.2) is 24.3 Å². The van der Waals surface area contributed by atoms with Crippen LogP contribution < -0.4 is 10.0 Å². The summed E-state index contributed by atoms with van der Waals surface area (Å²) in [6.07, 6.45) is 0. The summed E-state index contributed by atoms with van der Waals surface area (Å²) in [5.41, 5.74) is 0.867. The van der Waals surface area contributed by atoms with Gasteiger partial charge in [0.1, 0.15) is 0 Å². The van der Waals surface area contributed by atoms with Crippen molar-refractivity contribution in [1.29, 1.82) is 0 Å². The molecule has 0 unspecified atom stereocenters. The lowest BCUT2D eigenvalue weighted by Gasteiger charge is -2.27. The molecule has 0 aromatic heterocycles. The number of hydrogen-bond donors (Lipinski definition) is 0. The molecular weight excluding hydrogens is 190 g/mol. The molecule has 82 valence electrons. The SMILES string of the molecule is CN(C)c1ccc(C(C)(C)C(=O)[O-])cc1. The molecule has 0 spiro atoms. The monoisotopic (exact) mass is 206 g/mol. The number of nitrogens with zero attached hydrogens (tertiary/aromatic N) is 1. The maximum atomic E-state index is 10.9. The van der Waals surface area contributed by atoms with Gasteiger partial charge in [-0.25, -0.2) is 0 Å². The average Bonchev–Trinajstić information content (AvgIpc) is 2.17. The highest BCUT2D eigenvalue weighted by Gasteiger charge is 2.21. The molecule has 15 heavy (non-hydrogen) atoms. The minimum absolute atomic E-state index is 0.758. The van der Waals surface area contributed by atoms with Crippen molar-refractivity contribution in [3.8, 4) is 0 Å². The first-order valence-corrected chi connectivity index (χ1v) is 4.85. The fourth-order valence-electron chi connectivity index (χ4n) is 1.29. The van der Waals surface area contributed by atoms with Crippen LogP contribution >= 0.6 is 0 Å². The number of anilines is 1. The molecule has 1 aromatic rings. The molecule has 1 rings (SSSR count). The summed E-state index contributed by atoms with van der Waals surface area (Å²) in [5.74, 6) is -1.06. The minimum Gasteiger partial charge on any atom is -0.549 e. The Kier molecular flexibility index (Phi) is 3.03. The highest BCUT2D eigenvalue weighted by molar-refractivity contribution is 5.78. The molecule has 0 amide bonds. The van der Waals surface area contributed by atoms with Crippen LogP contribution in [0.4, 0.5) is 5.69 Å². The first-order chi connectivity index (χ1) is 6.85. The minimum atomic E-state index is -1.06. The quantitative estimate of drug-likeness (QED) is 0.734. The van der Waals surface area contributed by atoms with Gasteiger partial charge in [-0.15, -0.1) is 0 Å². The molecule has 0 heterocycles. The van der Waals surface area contributed by atoms with Crippen molar-refractivity contribution in [3.05, 3.63) is 29.8 Å². The van der Waals surface area contributed by atoms with Crippen molar-refractivity contribution >= 4 is 11.7 Å². The average molecular weight is 206 g/mol. The summed E-state index contributed by atoms with van der Waals surface area (Å²) >= 11 is 0. The van der Waals surface area contributed by atoms with Gasteiger partial charge in [0, 0.05) is 25.2 Å². The molecule has 0 bridgehead atoms. The maximum absolute atomic E-state index is 10.9. The number of hydrogen-bond acceptors (Lipinski definition) is 3. The van der Waals surface area contributed by atoms with Gasteiger partial charge in [0.2, 0.25) is 0 Å². The van der Waals surface area contributed by atoms with E-state index in [1.807, 2.05) is 43.3 Å². The Hall–Kier alpha value is -1.51. The van der Waals surface area contributed by atoms with E-state index < -0.39 is 11.4 Å². The van der Waals surface area contributed by atoms with Crippen LogP contribution in [0.1, 0.15) is 19.4 Å². The molecule has 0 N–H and O–H groups in total. The van der Waals surface area contributed by atoms with E-state index in [4.69, 9.17) is 0 Å². The normalized spacial score (nSPS) is 11.2. The van der Waals surface area contributed by atoms with E-state index in [2.05, 4.69) is 0 Å². The molecule has 3 heteroatoms. The van der Waals surface area contributed by atoms with Gasteiger partial charge in [-0.3, -0.25) is 0 Å². The zero-order chi connectivity index (χ0) is 11.6. The number of benzene rings is 1. The first-order valence-electron chi connectivity index (χ1n) is 4.85. The molecule has 0 aliphatic heterocycles. The third-order valence-corrected chi connectivity index (χ3v) is 2.62. The van der Waals surface area contributed by atoms with Crippen LogP contribution in [-0.2, 0) is 10.2 Å². The summed E-state index contributed by atoms with van der Waals surface area (Å²) in [6.45, 7) is 3.29. The molecule has 0 atom stereocenters. The van der Waals surface area contributed by atoms with E-state index in [0.717, 1.165) is 11.3 Å². The van der Waals surface area contributed by atoms with Crippen molar-refractivity contribution in [1.82, 2.24) is 0 Å². The van der Waals surface area contributed by atoms with Crippen LogP contribution in [0.2, 0.25) is 0 Å². The Balaban J connectivity index is 3.04. The standard InChI is InChI=1S/C12H17NO2/c1-12(2,11(14)15)9-5-7-10(8-6-9)13(3)4/h5-8H,1-4H3,(H,14,15)/p-1. The third kappa shape index (κ3) is 2.29. The van der Waals surface area contributed by atoms with E-state index in [1.165, 1.54) is 0 Å². The second-order valence-electron chi connectivity index (χ2n) is 4.35. The van der Waals surface area contributed by atoms with Crippen LogP contribution in [0.3, 0.4) is 0 Å². The zero-order valence-corrected chi connectivity index (χ0v) is 9.57. The lowest BCUT2D eigenvalue weighted by molar-refractivity contribution is -0.312. The van der Waals surface area contributed by atoms with Gasteiger partial charge in [0.05, 0.1) is 5.97 Å². The molecule has 0 aliphatic carbocycles. The maximum Gasteiger partial charge on any atom is 0.0514 e. The summed E-state index contributed by atoms with van der Waals surface area (Å²) in [7, 11) is 3.89. The smallest absolute Gasteiger partial charge is 0.0514 e. The Labute approximate surface area is 90.3 Å². The van der Waals surface area contributed by atoms with Gasteiger partial charge in [0.15, 0.2) is 0 Å². The zero-order valence-electron chi connectivity index (χ0n) is 9.57. The number of rotatable bonds is 3. The fraction of sp³-hybridized carbons (Fsp3) is 0.417. The van der Waals surface area contributed by atoms with Gasteiger partial charge in [-0.05, 0) is 17.7 Å². The van der Waals surface area contributed by atoms with Gasteiger partial charge in [-0.1, -0.05) is 26.0 Å². The number of carbonyl (C=O) groups excluding carboxylic acids is 1. The number of aliphatic carboxylic acids is 1. The Morgan fingerprint density at radius 1 is 1.20 bits per heavy atom. The molecule has 0 aliphatic rings. The predicted octanol–water partition coefficient (Wildman–Crippen LogP) is 0.780. The van der Waals surface area contributed by atoms with Gasteiger partial charge in [-0.2, -0.15) is 0 Å². The summed E-state index contributed by atoms with van der Waals surface area (Å²) in [4.78, 5) is 12.9. The lowest BCUT2D eigenvalue weighted by atomic mass is 9.85. The molecule has 0 saturated heterocycles. The number of carboxylic acids is 1. The van der Waals surface area contributed by atoms with E-state index in [-0.39, 0.29) is 0 Å². The molecule has 0 saturated carbocycles. The molecular formula is C12H16NO2-. The third-order valence-electron chi connectivity index (χ3n) is 2.62. The van der Waals surface area contributed by atoms with E-state index in [0.29, 0.717) is 0 Å². The van der Waals surface area contributed by atoms with Gasteiger partial charge < -0.3 is 14.8 Å². The van der Waals surface area contributed by atoms with E-state index >= 15 is 0 Å². The molecule has 0 radical (unpaired) electrons. The Morgan fingerprint density at radius 3 is 2.00 bits per heavy atom.